The number of aromatic nitrogens is 6. The fraction of sp³-hybridized carbons (Fsp3) is 0.494. The molecular formula is C77H94N8O15. The lowest BCUT2D eigenvalue weighted by Crippen LogP contribution is -2.33. The lowest BCUT2D eigenvalue weighted by Gasteiger charge is -2.26. The van der Waals surface area contributed by atoms with Gasteiger partial charge in [-0.3, -0.25) is 19.0 Å². The number of hydrogen-bond acceptors (Lipinski definition) is 19. The van der Waals surface area contributed by atoms with E-state index in [9.17, 15) is 5.11 Å². The van der Waals surface area contributed by atoms with Crippen LogP contribution in [0, 0.1) is 0 Å². The molecule has 12 rings (SSSR count). The maximum atomic E-state index is 16.0. The molecule has 5 aliphatic heterocycles. The number of phenols is 1. The monoisotopic (exact) mass is 1370 g/mol. The zero-order valence-corrected chi connectivity index (χ0v) is 57.9. The van der Waals surface area contributed by atoms with Gasteiger partial charge in [0.25, 0.3) is 5.91 Å². The summed E-state index contributed by atoms with van der Waals surface area (Å²) in [5, 5.41) is 29.0. The molecule has 100 heavy (non-hydrogen) atoms. The molecular weight excluding hydrogens is 1280 g/mol. The van der Waals surface area contributed by atoms with Gasteiger partial charge in [0.05, 0.1) is 57.6 Å². The number of amides is 2. The molecule has 532 valence electrons. The Bertz CT molecular complexity index is 3860. The molecule has 23 nitrogen and oxygen atoms in total. The molecule has 7 aromatic rings. The van der Waals surface area contributed by atoms with Crippen molar-refractivity contribution in [3.05, 3.63) is 153 Å². The topological polar surface area (TPSA) is 257 Å². The van der Waals surface area contributed by atoms with E-state index < -0.39 is 23.8 Å². The van der Waals surface area contributed by atoms with Gasteiger partial charge in [-0.2, -0.15) is 0 Å². The van der Waals surface area contributed by atoms with Crippen LogP contribution in [0.25, 0.3) is 0 Å². The summed E-state index contributed by atoms with van der Waals surface area (Å²) in [4.78, 5) is 81.0. The van der Waals surface area contributed by atoms with Crippen LogP contribution in [0.2, 0.25) is 0 Å². The molecule has 7 heterocycles. The van der Waals surface area contributed by atoms with E-state index in [0.717, 1.165) is 51.4 Å². The fourth-order valence-electron chi connectivity index (χ4n) is 13.2. The third-order valence-corrected chi connectivity index (χ3v) is 18.6. The van der Waals surface area contributed by atoms with Gasteiger partial charge in [0, 0.05) is 124 Å². The summed E-state index contributed by atoms with van der Waals surface area (Å²) < 4.78 is 60.2. The predicted molar refractivity (Wildman–Crippen MR) is 370 cm³/mol. The Hall–Kier alpha value is -9.35. The van der Waals surface area contributed by atoms with Crippen LogP contribution in [0.5, 0.6) is 46.0 Å². The highest BCUT2D eigenvalue weighted by atomic mass is 16.6. The molecule has 2 aromatic heterocycles. The molecule has 0 atom stereocenters. The molecule has 0 radical (unpaired) electrons. The third-order valence-electron chi connectivity index (χ3n) is 18.6. The Labute approximate surface area is 584 Å². The summed E-state index contributed by atoms with van der Waals surface area (Å²) in [6.45, 7) is 1.19. The first kappa shape index (κ1) is 71.9. The Balaban J connectivity index is 1.11. The molecule has 0 unspecified atom stereocenters. The molecule has 14 bridgehead atoms. The summed E-state index contributed by atoms with van der Waals surface area (Å²) >= 11 is 0. The number of rotatable bonds is 2. The average molecular weight is 1370 g/mol. The normalized spacial score (nSPS) is 18.1. The first-order valence-corrected chi connectivity index (χ1v) is 35.9. The minimum absolute atomic E-state index is 0.0107. The molecule has 5 aliphatic rings. The number of methoxy groups -OCH3 is 2. The number of aromatic hydroxyl groups is 1. The van der Waals surface area contributed by atoms with Crippen LogP contribution in [0.4, 0.5) is 0 Å². The average Bonchev–Trinajstić information content (AvgIpc) is 0.835. The lowest BCUT2D eigenvalue weighted by molar-refractivity contribution is -0.132. The summed E-state index contributed by atoms with van der Waals surface area (Å²) in [5.41, 5.74) is 3.39. The third kappa shape index (κ3) is 20.4. The van der Waals surface area contributed by atoms with Crippen molar-refractivity contribution < 1.29 is 71.7 Å². The number of benzene rings is 5. The highest BCUT2D eigenvalue weighted by Crippen LogP contribution is 2.37. The molecule has 0 saturated heterocycles. The van der Waals surface area contributed by atoms with Crippen molar-refractivity contribution in [3.8, 4) is 46.0 Å². The van der Waals surface area contributed by atoms with Crippen molar-refractivity contribution in [1.29, 1.82) is 0 Å². The quantitative estimate of drug-likeness (QED) is 0.125. The van der Waals surface area contributed by atoms with Gasteiger partial charge < -0.3 is 57.5 Å². The largest absolute Gasteiger partial charge is 0.508 e. The molecule has 0 saturated carbocycles. The van der Waals surface area contributed by atoms with Crippen LogP contribution in [0.15, 0.2) is 91.3 Å². The first-order chi connectivity index (χ1) is 48.9. The predicted octanol–water partition coefficient (Wildman–Crippen LogP) is 13.6. The second-order valence-corrected chi connectivity index (χ2v) is 26.4. The second kappa shape index (κ2) is 36.6. The van der Waals surface area contributed by atoms with Crippen molar-refractivity contribution in [2.24, 2.45) is 0 Å². The van der Waals surface area contributed by atoms with E-state index in [-0.39, 0.29) is 135 Å². The Morgan fingerprint density at radius 1 is 0.420 bits per heavy atom. The molecule has 1 N–H and O–H groups in total. The van der Waals surface area contributed by atoms with Crippen LogP contribution in [0.3, 0.4) is 0 Å². The van der Waals surface area contributed by atoms with E-state index >= 15 is 24.0 Å². The van der Waals surface area contributed by atoms with E-state index in [1.165, 1.54) is 89.5 Å². The standard InChI is InChI=1S/C77H94N8O15/c1-92-64-29-27-55-48-82-31-19-17-15-13-11-9-7-5-3-4-6-8-10-12-14-16-18-26-72(87)83-47-54-38-57(74(82)88)40-58(39-54)75(89)100-73-59-41-63(86)42-60(73)53-95-35-21-25-62-51-85(81-79-62)33-23-37-97-71-45-66(76(90)98-68(55)43-64)70(96-36-22-32-84-50-61(78-80-84)24-20-34-94-52-59)46-67(71)77(91)99-69-44-65(93-2)30-28-56(69)49-83/h27-30,38-46,50-51,86H,3-26,31-37,47-49,52-53H2,1-2H3. The van der Waals surface area contributed by atoms with Gasteiger partial charge in [0.15, 0.2) is 0 Å². The second-order valence-electron chi connectivity index (χ2n) is 26.4. The Morgan fingerprint density at radius 2 is 0.900 bits per heavy atom. The van der Waals surface area contributed by atoms with Gasteiger partial charge in [-0.25, -0.2) is 14.4 Å². The van der Waals surface area contributed by atoms with E-state index in [0.29, 0.717) is 115 Å². The summed E-state index contributed by atoms with van der Waals surface area (Å²) in [6, 6.07) is 20.7. The number of phenolic OH excluding ortho intramolecular Hbond substituents is 1. The minimum atomic E-state index is -0.881. The maximum Gasteiger partial charge on any atom is 0.347 e. The fourth-order valence-corrected chi connectivity index (χ4v) is 13.2. The minimum Gasteiger partial charge on any atom is -0.508 e. The number of esters is 3. The highest BCUT2D eigenvalue weighted by Gasteiger charge is 2.30. The molecule has 5 aromatic carbocycles. The van der Waals surface area contributed by atoms with Crippen molar-refractivity contribution in [3.63, 3.8) is 0 Å². The van der Waals surface area contributed by atoms with E-state index in [1.807, 2.05) is 12.4 Å². The highest BCUT2D eigenvalue weighted by molar-refractivity contribution is 6.01. The summed E-state index contributed by atoms with van der Waals surface area (Å²) in [5.74, 6) is -2.45. The smallest absolute Gasteiger partial charge is 0.347 e. The number of carbonyl (C=O) groups is 5. The van der Waals surface area contributed by atoms with Crippen LogP contribution in [0.1, 0.15) is 222 Å². The van der Waals surface area contributed by atoms with Gasteiger partial charge in [-0.05, 0) is 111 Å². The van der Waals surface area contributed by atoms with E-state index in [4.69, 9.17) is 42.6 Å². The number of fused-ring (bicyclic) bond motifs is 5. The molecule has 2 amide bonds. The molecule has 0 fully saturated rings. The first-order valence-electron chi connectivity index (χ1n) is 35.9. The zero-order chi connectivity index (χ0) is 69.4. The number of nitrogens with zero attached hydrogens (tertiary/aromatic N) is 8. The summed E-state index contributed by atoms with van der Waals surface area (Å²) in [6.07, 6.45) is 24.5. The lowest BCUT2D eigenvalue weighted by atomic mass is 10.0. The van der Waals surface area contributed by atoms with Gasteiger partial charge in [-0.1, -0.05) is 107 Å². The zero-order valence-electron chi connectivity index (χ0n) is 57.9. The van der Waals surface area contributed by atoms with Crippen LogP contribution >= 0.6 is 0 Å². The SMILES string of the molecule is COc1ccc2c(c1)OC(=O)c1cc3c4cc1OCCCn1cc(nn1)CCCOCc1cc(O)cc(c1OC(=O)c1cc5cc(c1)C(=O)N(CCCCCCCCCCCCCCCCCCCC(=O)N(C5)C2)Cc1ccc(OC)cc1OC4=O)COCCCc1cn(nn1)CCCO3. The van der Waals surface area contributed by atoms with Crippen molar-refractivity contribution >= 4 is 29.7 Å². The van der Waals surface area contributed by atoms with Crippen molar-refractivity contribution in [2.75, 3.05) is 47.2 Å². The molecule has 0 aliphatic carbocycles. The van der Waals surface area contributed by atoms with Crippen molar-refractivity contribution in [2.45, 2.75) is 200 Å². The van der Waals surface area contributed by atoms with Gasteiger partial charge >= 0.3 is 17.9 Å². The van der Waals surface area contributed by atoms with Crippen molar-refractivity contribution in [1.82, 2.24) is 39.8 Å². The van der Waals surface area contributed by atoms with Crippen LogP contribution in [-0.4, -0.2) is 122 Å². The van der Waals surface area contributed by atoms with Crippen LogP contribution in [-0.2, 0) is 73.0 Å². The number of hydrogen-bond donors (Lipinski definition) is 1. The van der Waals surface area contributed by atoms with Gasteiger partial charge in [0.2, 0.25) is 5.91 Å². The maximum absolute atomic E-state index is 16.0. The Kier molecular flexibility index (Phi) is 26.4. The van der Waals surface area contributed by atoms with E-state index in [1.54, 1.807) is 67.7 Å². The van der Waals surface area contributed by atoms with Gasteiger partial charge in [0.1, 0.15) is 57.1 Å². The summed E-state index contributed by atoms with van der Waals surface area (Å²) in [7, 11) is 2.99. The Morgan fingerprint density at radius 3 is 1.41 bits per heavy atom. The molecule has 23 heteroatoms. The number of carbonyl (C=O) groups excluding carboxylic acids is 5. The van der Waals surface area contributed by atoms with E-state index in [2.05, 4.69) is 20.6 Å². The molecule has 0 spiro atoms. The van der Waals surface area contributed by atoms with Crippen LogP contribution < -0.4 is 33.2 Å². The number of aryl methyl sites for hydroxylation is 4. The van der Waals surface area contributed by atoms with Gasteiger partial charge in [-0.15, -0.1) is 10.2 Å². The number of ether oxygens (including phenoxy) is 9.